The number of hydrazone groups is 1. The predicted molar refractivity (Wildman–Crippen MR) is 142 cm³/mol. The molecule has 1 aliphatic rings. The highest BCUT2D eigenvalue weighted by atomic mass is 16.4. The Bertz CT molecular complexity index is 1430. The number of nitrogens with zero attached hydrogens (tertiary/aromatic N) is 4. The van der Waals surface area contributed by atoms with Crippen LogP contribution in [0.2, 0.25) is 0 Å². The van der Waals surface area contributed by atoms with Crippen LogP contribution in [0.1, 0.15) is 48.4 Å². The van der Waals surface area contributed by atoms with Gasteiger partial charge in [-0.3, -0.25) is 9.59 Å². The van der Waals surface area contributed by atoms with Gasteiger partial charge in [0.1, 0.15) is 5.69 Å². The van der Waals surface area contributed by atoms with Crippen LogP contribution < -0.4 is 0 Å². The fourth-order valence-corrected chi connectivity index (χ4v) is 4.56. The van der Waals surface area contributed by atoms with E-state index in [0.29, 0.717) is 6.42 Å². The highest BCUT2D eigenvalue weighted by Crippen LogP contribution is 2.36. The first-order valence-corrected chi connectivity index (χ1v) is 12.4. The lowest BCUT2D eigenvalue weighted by atomic mass is 9.96. The number of rotatable bonds is 8. The summed E-state index contributed by atoms with van der Waals surface area (Å²) in [5.74, 6) is -1.09. The van der Waals surface area contributed by atoms with Gasteiger partial charge in [-0.15, -0.1) is 0 Å². The molecule has 0 radical (unpaired) electrons. The molecule has 0 aliphatic carbocycles. The zero-order valence-electron chi connectivity index (χ0n) is 20.6. The summed E-state index contributed by atoms with van der Waals surface area (Å²) in [6.07, 6.45) is 2.86. The third-order valence-electron chi connectivity index (χ3n) is 6.50. The minimum Gasteiger partial charge on any atom is -0.481 e. The molecule has 1 aliphatic heterocycles. The molecule has 0 spiro atoms. The van der Waals surface area contributed by atoms with Crippen LogP contribution in [0.15, 0.2) is 96.2 Å². The van der Waals surface area contributed by atoms with E-state index in [-0.39, 0.29) is 31.2 Å². The summed E-state index contributed by atoms with van der Waals surface area (Å²) < 4.78 is 1.85. The van der Waals surface area contributed by atoms with Crippen molar-refractivity contribution in [3.63, 3.8) is 0 Å². The fourth-order valence-electron chi connectivity index (χ4n) is 4.56. The van der Waals surface area contributed by atoms with Gasteiger partial charge in [-0.25, -0.2) is 9.69 Å². The molecule has 0 bridgehead atoms. The molecule has 2 heterocycles. The molecule has 0 saturated heterocycles. The number of para-hydroxylation sites is 1. The quantitative estimate of drug-likeness (QED) is 0.338. The Morgan fingerprint density at radius 2 is 1.59 bits per heavy atom. The molecule has 4 aromatic rings. The Labute approximate surface area is 215 Å². The maximum Gasteiger partial charge on any atom is 0.303 e. The van der Waals surface area contributed by atoms with Gasteiger partial charge in [-0.2, -0.15) is 10.2 Å². The van der Waals surface area contributed by atoms with Gasteiger partial charge in [0.25, 0.3) is 0 Å². The van der Waals surface area contributed by atoms with E-state index in [1.54, 1.807) is 0 Å². The van der Waals surface area contributed by atoms with Gasteiger partial charge in [0, 0.05) is 36.6 Å². The Balaban J connectivity index is 1.55. The number of hydrogen-bond donors (Lipinski definition) is 1. The van der Waals surface area contributed by atoms with Crippen LogP contribution in [0, 0.1) is 6.92 Å². The second-order valence-electron chi connectivity index (χ2n) is 9.20. The van der Waals surface area contributed by atoms with Crippen LogP contribution in [0.25, 0.3) is 16.9 Å². The van der Waals surface area contributed by atoms with Crippen LogP contribution in [0.4, 0.5) is 0 Å². The molecule has 1 N–H and O–H groups in total. The van der Waals surface area contributed by atoms with Crippen molar-refractivity contribution in [3.8, 4) is 16.9 Å². The fraction of sp³-hybridized carbons (Fsp3) is 0.200. The molecule has 7 heteroatoms. The molecule has 0 saturated carbocycles. The largest absolute Gasteiger partial charge is 0.481 e. The lowest BCUT2D eigenvalue weighted by Crippen LogP contribution is -2.27. The lowest BCUT2D eigenvalue weighted by molar-refractivity contribution is -0.137. The maximum absolute atomic E-state index is 13.2. The van der Waals surface area contributed by atoms with Crippen molar-refractivity contribution in [2.24, 2.45) is 5.10 Å². The molecule has 1 amide bonds. The van der Waals surface area contributed by atoms with Crippen molar-refractivity contribution in [1.29, 1.82) is 0 Å². The van der Waals surface area contributed by atoms with Gasteiger partial charge in [0.2, 0.25) is 5.91 Å². The van der Waals surface area contributed by atoms with Crippen LogP contribution in [0.3, 0.4) is 0 Å². The number of carbonyl (C=O) groups is 2. The van der Waals surface area contributed by atoms with E-state index in [1.807, 2.05) is 103 Å². The van der Waals surface area contributed by atoms with Crippen molar-refractivity contribution in [2.75, 3.05) is 0 Å². The summed E-state index contributed by atoms with van der Waals surface area (Å²) in [4.78, 5) is 24.2. The maximum atomic E-state index is 13.2. The van der Waals surface area contributed by atoms with E-state index in [0.717, 1.165) is 39.3 Å². The second kappa shape index (κ2) is 10.6. The SMILES string of the molecule is Cc1ccc(C2CC(c3cn(-c4ccccc4)nc3-c3ccccc3)=NN2C(=O)CCCC(=O)O)cc1. The first-order chi connectivity index (χ1) is 18.0. The van der Waals surface area contributed by atoms with E-state index >= 15 is 0 Å². The predicted octanol–water partition coefficient (Wildman–Crippen LogP) is 5.78. The summed E-state index contributed by atoms with van der Waals surface area (Å²) in [6.45, 7) is 2.03. The number of carbonyl (C=O) groups excluding carboxylic acids is 1. The van der Waals surface area contributed by atoms with E-state index < -0.39 is 5.97 Å². The van der Waals surface area contributed by atoms with Gasteiger partial charge in [0.15, 0.2) is 0 Å². The van der Waals surface area contributed by atoms with Gasteiger partial charge >= 0.3 is 5.97 Å². The third kappa shape index (κ3) is 5.35. The Morgan fingerprint density at radius 3 is 2.27 bits per heavy atom. The van der Waals surface area contributed by atoms with E-state index in [1.165, 1.54) is 5.01 Å². The summed E-state index contributed by atoms with van der Waals surface area (Å²) in [7, 11) is 0. The Kier molecular flexibility index (Phi) is 6.94. The summed E-state index contributed by atoms with van der Waals surface area (Å²) in [6, 6.07) is 27.7. The normalized spacial score (nSPS) is 15.0. The zero-order valence-corrected chi connectivity index (χ0v) is 20.6. The second-order valence-corrected chi connectivity index (χ2v) is 9.20. The highest BCUT2D eigenvalue weighted by Gasteiger charge is 2.34. The molecule has 1 atom stereocenters. The molecule has 37 heavy (non-hydrogen) atoms. The minimum absolute atomic E-state index is 0.0483. The van der Waals surface area contributed by atoms with Crippen molar-refractivity contribution < 1.29 is 14.7 Å². The van der Waals surface area contributed by atoms with E-state index in [2.05, 4.69) is 0 Å². The Morgan fingerprint density at radius 1 is 0.919 bits per heavy atom. The molecule has 1 aromatic heterocycles. The van der Waals surface area contributed by atoms with Gasteiger partial charge in [-0.1, -0.05) is 78.4 Å². The van der Waals surface area contributed by atoms with Crippen LogP contribution in [-0.4, -0.2) is 37.5 Å². The number of benzene rings is 3. The Hall–Kier alpha value is -4.52. The molecule has 3 aromatic carbocycles. The highest BCUT2D eigenvalue weighted by molar-refractivity contribution is 6.07. The number of carboxylic acids is 1. The molecule has 7 nitrogen and oxygen atoms in total. The van der Waals surface area contributed by atoms with Crippen LogP contribution in [-0.2, 0) is 9.59 Å². The van der Waals surface area contributed by atoms with E-state index in [4.69, 9.17) is 15.3 Å². The van der Waals surface area contributed by atoms with Crippen LogP contribution in [0.5, 0.6) is 0 Å². The average molecular weight is 493 g/mol. The van der Waals surface area contributed by atoms with Crippen molar-refractivity contribution >= 4 is 17.6 Å². The first kappa shape index (κ1) is 24.2. The third-order valence-corrected chi connectivity index (χ3v) is 6.50. The van der Waals surface area contributed by atoms with Crippen molar-refractivity contribution in [3.05, 3.63) is 108 Å². The van der Waals surface area contributed by atoms with Gasteiger partial charge < -0.3 is 5.11 Å². The number of aryl methyl sites for hydroxylation is 1. The lowest BCUT2D eigenvalue weighted by Gasteiger charge is -2.22. The van der Waals surface area contributed by atoms with Crippen LogP contribution >= 0.6 is 0 Å². The van der Waals surface area contributed by atoms with Gasteiger partial charge in [0.05, 0.1) is 17.4 Å². The number of carboxylic acid groups (broad SMARTS) is 1. The van der Waals surface area contributed by atoms with Crippen molar-refractivity contribution in [1.82, 2.24) is 14.8 Å². The van der Waals surface area contributed by atoms with Crippen molar-refractivity contribution in [2.45, 2.75) is 38.6 Å². The molecular weight excluding hydrogens is 464 g/mol. The monoisotopic (exact) mass is 492 g/mol. The summed E-state index contributed by atoms with van der Waals surface area (Å²) in [5.41, 5.74) is 6.47. The summed E-state index contributed by atoms with van der Waals surface area (Å²) in [5, 5.41) is 20.3. The molecule has 5 rings (SSSR count). The molecule has 0 fully saturated rings. The minimum atomic E-state index is -0.908. The zero-order chi connectivity index (χ0) is 25.8. The number of hydrogen-bond acceptors (Lipinski definition) is 4. The number of aliphatic carboxylic acids is 1. The van der Waals surface area contributed by atoms with Gasteiger partial charge in [-0.05, 0) is 31.0 Å². The smallest absolute Gasteiger partial charge is 0.303 e. The molecule has 186 valence electrons. The molecular formula is C30H28N4O3. The standard InChI is InChI=1S/C30H28N4O3/c1-21-15-17-22(18-16-21)27-19-26(31-34(27)28(35)13-8-14-29(36)37)25-20-33(24-11-6-3-7-12-24)32-30(25)23-9-4-2-5-10-23/h2-7,9-12,15-18,20,27H,8,13-14,19H2,1H3,(H,36,37). The number of amides is 1. The van der Waals surface area contributed by atoms with E-state index in [9.17, 15) is 9.59 Å². The summed E-state index contributed by atoms with van der Waals surface area (Å²) >= 11 is 0. The molecule has 1 unspecified atom stereocenters. The first-order valence-electron chi connectivity index (χ1n) is 12.4. The average Bonchev–Trinajstić information content (AvgIpc) is 3.55. The number of aromatic nitrogens is 2. The topological polar surface area (TPSA) is 87.8 Å².